The first-order valence-corrected chi connectivity index (χ1v) is 5.75. The third kappa shape index (κ3) is 2.84. The van der Waals surface area contributed by atoms with E-state index in [2.05, 4.69) is 13.8 Å². The minimum atomic E-state index is -0.758. The van der Waals surface area contributed by atoms with E-state index in [1.54, 1.807) is 0 Å². The van der Waals surface area contributed by atoms with E-state index in [1.165, 1.54) is 0 Å². The molecule has 0 unspecified atom stereocenters. The summed E-state index contributed by atoms with van der Waals surface area (Å²) in [5.41, 5.74) is 0.133. The number of rotatable bonds is 5. The maximum Gasteiger partial charge on any atom is 0.313 e. The van der Waals surface area contributed by atoms with Gasteiger partial charge in [0.1, 0.15) is 0 Å². The molecule has 1 aromatic carbocycles. The van der Waals surface area contributed by atoms with Crippen LogP contribution in [0.15, 0.2) is 30.3 Å². The third-order valence-electron chi connectivity index (χ3n) is 3.10. The third-order valence-corrected chi connectivity index (χ3v) is 3.10. The molecule has 0 aliphatic carbocycles. The van der Waals surface area contributed by atoms with Crippen molar-refractivity contribution in [2.45, 2.75) is 39.0 Å². The van der Waals surface area contributed by atoms with E-state index < -0.39 is 11.4 Å². The Morgan fingerprint density at radius 1 is 1.31 bits per heavy atom. The Morgan fingerprint density at radius 3 is 2.31 bits per heavy atom. The summed E-state index contributed by atoms with van der Waals surface area (Å²) in [5, 5.41) is 9.40. The molecule has 0 saturated carbocycles. The van der Waals surface area contributed by atoms with Gasteiger partial charge in [0.25, 0.3) is 0 Å². The Balaban J connectivity index is 2.93. The van der Waals surface area contributed by atoms with Crippen LogP contribution >= 0.6 is 0 Å². The molecular weight excluding hydrogens is 200 g/mol. The van der Waals surface area contributed by atoms with Gasteiger partial charge in [-0.2, -0.15) is 0 Å². The molecule has 0 aliphatic rings. The molecule has 0 aliphatic heterocycles. The number of carboxylic acid groups (broad SMARTS) is 1. The molecule has 88 valence electrons. The summed E-state index contributed by atoms with van der Waals surface area (Å²) in [6.45, 7) is 6.05. The molecule has 1 atom stereocenters. The average Bonchev–Trinajstić information content (AvgIpc) is 2.26. The molecule has 0 amide bonds. The molecule has 1 aromatic rings. The number of carbonyl (C=O) groups is 1. The fourth-order valence-corrected chi connectivity index (χ4v) is 1.76. The van der Waals surface area contributed by atoms with Crippen LogP contribution in [0, 0.1) is 5.92 Å². The highest BCUT2D eigenvalue weighted by atomic mass is 16.4. The molecule has 2 heteroatoms. The minimum absolute atomic E-state index is 0.530. The van der Waals surface area contributed by atoms with E-state index in [-0.39, 0.29) is 0 Å². The topological polar surface area (TPSA) is 37.3 Å². The second kappa shape index (κ2) is 5.15. The van der Waals surface area contributed by atoms with Gasteiger partial charge in [-0.25, -0.2) is 0 Å². The van der Waals surface area contributed by atoms with Crippen molar-refractivity contribution in [3.63, 3.8) is 0 Å². The van der Waals surface area contributed by atoms with Gasteiger partial charge in [-0.3, -0.25) is 4.79 Å². The smallest absolute Gasteiger partial charge is 0.313 e. The van der Waals surface area contributed by atoms with Gasteiger partial charge in [-0.15, -0.1) is 0 Å². The van der Waals surface area contributed by atoms with Crippen molar-refractivity contribution >= 4 is 5.97 Å². The van der Waals surface area contributed by atoms with Gasteiger partial charge in [0.15, 0.2) is 0 Å². The van der Waals surface area contributed by atoms with Crippen LogP contribution in [0.5, 0.6) is 0 Å². The number of carboxylic acids is 1. The summed E-state index contributed by atoms with van der Waals surface area (Å²) in [6.07, 6.45) is 1.61. The predicted octanol–water partition coefficient (Wildman–Crippen LogP) is 3.47. The van der Waals surface area contributed by atoms with Gasteiger partial charge >= 0.3 is 5.97 Å². The van der Waals surface area contributed by atoms with Crippen molar-refractivity contribution in [3.8, 4) is 0 Å². The van der Waals surface area contributed by atoms with Gasteiger partial charge in [-0.1, -0.05) is 44.2 Å². The summed E-state index contributed by atoms with van der Waals surface area (Å²) in [6, 6.07) is 9.49. The van der Waals surface area contributed by atoms with E-state index in [1.807, 2.05) is 37.3 Å². The lowest BCUT2D eigenvalue weighted by Crippen LogP contribution is -2.32. The van der Waals surface area contributed by atoms with Crippen molar-refractivity contribution in [1.82, 2.24) is 0 Å². The van der Waals surface area contributed by atoms with E-state index >= 15 is 0 Å². The van der Waals surface area contributed by atoms with E-state index in [0.717, 1.165) is 12.0 Å². The molecule has 0 heterocycles. The zero-order chi connectivity index (χ0) is 12.2. The van der Waals surface area contributed by atoms with Gasteiger partial charge in [0, 0.05) is 0 Å². The Labute approximate surface area is 97.3 Å². The SMILES string of the molecule is CC(C)CC[C@@](C)(C(=O)O)c1ccccc1. The lowest BCUT2D eigenvalue weighted by atomic mass is 9.77. The largest absolute Gasteiger partial charge is 0.481 e. The van der Waals surface area contributed by atoms with Crippen molar-refractivity contribution in [2.24, 2.45) is 5.92 Å². The lowest BCUT2D eigenvalue weighted by Gasteiger charge is -2.26. The molecule has 0 spiro atoms. The van der Waals surface area contributed by atoms with Crippen LogP contribution in [-0.2, 0) is 10.2 Å². The molecule has 0 saturated heterocycles. The highest BCUT2D eigenvalue weighted by molar-refractivity contribution is 5.80. The first-order chi connectivity index (χ1) is 7.47. The van der Waals surface area contributed by atoms with Crippen molar-refractivity contribution in [2.75, 3.05) is 0 Å². The molecule has 1 rings (SSSR count). The van der Waals surface area contributed by atoms with E-state index in [4.69, 9.17) is 0 Å². The molecule has 0 aromatic heterocycles. The fourth-order valence-electron chi connectivity index (χ4n) is 1.76. The van der Waals surface area contributed by atoms with Crippen LogP contribution in [0.1, 0.15) is 39.2 Å². The maximum absolute atomic E-state index is 11.4. The Bertz CT molecular complexity index is 343. The monoisotopic (exact) mass is 220 g/mol. The van der Waals surface area contributed by atoms with Gasteiger partial charge < -0.3 is 5.11 Å². The van der Waals surface area contributed by atoms with E-state index in [9.17, 15) is 9.90 Å². The number of hydrogen-bond donors (Lipinski definition) is 1. The first kappa shape index (κ1) is 12.8. The van der Waals surface area contributed by atoms with Crippen molar-refractivity contribution in [1.29, 1.82) is 0 Å². The molecule has 0 bridgehead atoms. The maximum atomic E-state index is 11.4. The Hall–Kier alpha value is -1.31. The van der Waals surface area contributed by atoms with Crippen LogP contribution < -0.4 is 0 Å². The normalized spacial score (nSPS) is 14.8. The van der Waals surface area contributed by atoms with Crippen molar-refractivity contribution < 1.29 is 9.90 Å². The van der Waals surface area contributed by atoms with Gasteiger partial charge in [0.05, 0.1) is 5.41 Å². The summed E-state index contributed by atoms with van der Waals surface area (Å²) >= 11 is 0. The predicted molar refractivity (Wildman–Crippen MR) is 65.5 cm³/mol. The second-order valence-electron chi connectivity index (χ2n) is 4.94. The average molecular weight is 220 g/mol. The van der Waals surface area contributed by atoms with Crippen LogP contribution in [-0.4, -0.2) is 11.1 Å². The Morgan fingerprint density at radius 2 is 1.88 bits per heavy atom. The molecular formula is C14H20O2. The molecule has 16 heavy (non-hydrogen) atoms. The first-order valence-electron chi connectivity index (χ1n) is 5.75. The highest BCUT2D eigenvalue weighted by Crippen LogP contribution is 2.30. The van der Waals surface area contributed by atoms with Crippen LogP contribution in [0.4, 0.5) is 0 Å². The number of aliphatic carboxylic acids is 1. The standard InChI is InChI=1S/C14H20O2/c1-11(2)9-10-14(3,13(15)16)12-7-5-4-6-8-12/h4-8,11H,9-10H2,1-3H3,(H,15,16)/t14-/m1/s1. The van der Waals surface area contributed by atoms with Gasteiger partial charge in [0.2, 0.25) is 0 Å². The van der Waals surface area contributed by atoms with E-state index in [0.29, 0.717) is 12.3 Å². The van der Waals surface area contributed by atoms with Crippen molar-refractivity contribution in [3.05, 3.63) is 35.9 Å². The van der Waals surface area contributed by atoms with Crippen LogP contribution in [0.25, 0.3) is 0 Å². The summed E-state index contributed by atoms with van der Waals surface area (Å²) in [7, 11) is 0. The minimum Gasteiger partial charge on any atom is -0.481 e. The molecule has 1 N–H and O–H groups in total. The molecule has 0 fully saturated rings. The lowest BCUT2D eigenvalue weighted by molar-refractivity contribution is -0.143. The zero-order valence-corrected chi connectivity index (χ0v) is 10.2. The summed E-state index contributed by atoms with van der Waals surface area (Å²) in [5.74, 6) is -0.207. The highest BCUT2D eigenvalue weighted by Gasteiger charge is 2.34. The fraction of sp³-hybridized carbons (Fsp3) is 0.500. The number of hydrogen-bond acceptors (Lipinski definition) is 1. The summed E-state index contributed by atoms with van der Waals surface area (Å²) in [4.78, 5) is 11.4. The van der Waals surface area contributed by atoms with Gasteiger partial charge in [-0.05, 0) is 31.2 Å². The summed E-state index contributed by atoms with van der Waals surface area (Å²) < 4.78 is 0. The Kier molecular flexibility index (Phi) is 4.11. The molecule has 0 radical (unpaired) electrons. The second-order valence-corrected chi connectivity index (χ2v) is 4.94. The quantitative estimate of drug-likeness (QED) is 0.825. The zero-order valence-electron chi connectivity index (χ0n) is 10.2. The molecule has 2 nitrogen and oxygen atoms in total. The van der Waals surface area contributed by atoms with Crippen LogP contribution in [0.3, 0.4) is 0 Å². The number of benzene rings is 1. The van der Waals surface area contributed by atoms with Crippen LogP contribution in [0.2, 0.25) is 0 Å².